The summed E-state index contributed by atoms with van der Waals surface area (Å²) in [6.07, 6.45) is 0.836. The van der Waals surface area contributed by atoms with Crippen molar-refractivity contribution in [3.8, 4) is 0 Å². The SMILES string of the molecule is CCNS(=O)(=O)c1ccccc1N(CCCN)CC(C)C. The summed E-state index contributed by atoms with van der Waals surface area (Å²) in [7, 11) is -3.47. The molecule has 0 heterocycles. The van der Waals surface area contributed by atoms with Gasteiger partial charge in [0, 0.05) is 19.6 Å². The quantitative estimate of drug-likeness (QED) is 0.729. The molecule has 21 heavy (non-hydrogen) atoms. The molecule has 6 heteroatoms. The summed E-state index contributed by atoms with van der Waals surface area (Å²) in [4.78, 5) is 2.45. The topological polar surface area (TPSA) is 75.4 Å². The highest BCUT2D eigenvalue weighted by Crippen LogP contribution is 2.25. The van der Waals surface area contributed by atoms with Gasteiger partial charge < -0.3 is 10.6 Å². The number of nitrogens with zero attached hydrogens (tertiary/aromatic N) is 1. The number of nitrogens with two attached hydrogens (primary N) is 1. The molecule has 0 fully saturated rings. The van der Waals surface area contributed by atoms with Crippen LogP contribution in [-0.2, 0) is 10.0 Å². The van der Waals surface area contributed by atoms with Crippen LogP contribution in [0.1, 0.15) is 27.2 Å². The predicted molar refractivity (Wildman–Crippen MR) is 88.0 cm³/mol. The minimum atomic E-state index is -3.47. The fourth-order valence-electron chi connectivity index (χ4n) is 2.25. The lowest BCUT2D eigenvalue weighted by molar-refractivity contribution is 0.578. The van der Waals surface area contributed by atoms with Crippen LogP contribution in [0.2, 0.25) is 0 Å². The van der Waals surface area contributed by atoms with Gasteiger partial charge in [-0.2, -0.15) is 0 Å². The molecule has 1 rings (SSSR count). The average Bonchev–Trinajstić information content (AvgIpc) is 2.43. The predicted octanol–water partition coefficient (Wildman–Crippen LogP) is 1.80. The van der Waals surface area contributed by atoms with E-state index in [1.807, 2.05) is 12.1 Å². The van der Waals surface area contributed by atoms with Crippen LogP contribution < -0.4 is 15.4 Å². The van der Waals surface area contributed by atoms with Crippen molar-refractivity contribution in [2.45, 2.75) is 32.1 Å². The van der Waals surface area contributed by atoms with Crippen LogP contribution in [-0.4, -0.2) is 34.6 Å². The zero-order valence-corrected chi connectivity index (χ0v) is 14.0. The summed E-state index contributed by atoms with van der Waals surface area (Å²) >= 11 is 0. The molecule has 0 aliphatic carbocycles. The Morgan fingerprint density at radius 1 is 1.29 bits per heavy atom. The lowest BCUT2D eigenvalue weighted by Gasteiger charge is -2.28. The van der Waals surface area contributed by atoms with Crippen molar-refractivity contribution in [2.24, 2.45) is 11.7 Å². The highest BCUT2D eigenvalue weighted by molar-refractivity contribution is 7.89. The van der Waals surface area contributed by atoms with E-state index < -0.39 is 10.0 Å². The summed E-state index contributed by atoms with van der Waals surface area (Å²) in [5, 5.41) is 0. The normalized spacial score (nSPS) is 11.9. The van der Waals surface area contributed by atoms with Crippen LogP contribution >= 0.6 is 0 Å². The molecule has 0 saturated heterocycles. The third kappa shape index (κ3) is 5.30. The Labute approximate surface area is 128 Å². The van der Waals surface area contributed by atoms with Gasteiger partial charge in [0.1, 0.15) is 4.90 Å². The van der Waals surface area contributed by atoms with Crippen molar-refractivity contribution < 1.29 is 8.42 Å². The van der Waals surface area contributed by atoms with E-state index in [4.69, 9.17) is 5.73 Å². The van der Waals surface area contributed by atoms with Crippen molar-refractivity contribution in [3.63, 3.8) is 0 Å². The lowest BCUT2D eigenvalue weighted by atomic mass is 10.1. The molecule has 120 valence electrons. The van der Waals surface area contributed by atoms with Crippen molar-refractivity contribution in [1.29, 1.82) is 0 Å². The van der Waals surface area contributed by atoms with Crippen molar-refractivity contribution in [1.82, 2.24) is 4.72 Å². The molecule has 0 aromatic heterocycles. The number of para-hydroxylation sites is 1. The van der Waals surface area contributed by atoms with E-state index in [1.165, 1.54) is 0 Å². The largest absolute Gasteiger partial charge is 0.370 e. The van der Waals surface area contributed by atoms with Crippen molar-refractivity contribution >= 4 is 15.7 Å². The Bertz CT molecular complexity index is 529. The minimum Gasteiger partial charge on any atom is -0.370 e. The summed E-state index contributed by atoms with van der Waals surface area (Å²) in [6, 6.07) is 7.15. The number of hydrogen-bond acceptors (Lipinski definition) is 4. The average molecular weight is 313 g/mol. The van der Waals surface area contributed by atoms with Crippen LogP contribution in [0.3, 0.4) is 0 Å². The second kappa shape index (κ2) is 8.36. The van der Waals surface area contributed by atoms with Gasteiger partial charge >= 0.3 is 0 Å². The first-order chi connectivity index (χ1) is 9.92. The molecule has 0 spiro atoms. The van der Waals surface area contributed by atoms with Gasteiger partial charge in [-0.05, 0) is 31.0 Å². The van der Waals surface area contributed by atoms with Gasteiger partial charge in [-0.15, -0.1) is 0 Å². The molecule has 0 aliphatic heterocycles. The zero-order valence-electron chi connectivity index (χ0n) is 13.2. The molecule has 0 unspecified atom stereocenters. The van der Waals surface area contributed by atoms with Gasteiger partial charge in [0.05, 0.1) is 5.69 Å². The van der Waals surface area contributed by atoms with Crippen LogP contribution in [0, 0.1) is 5.92 Å². The van der Waals surface area contributed by atoms with E-state index in [9.17, 15) is 8.42 Å². The van der Waals surface area contributed by atoms with Crippen LogP contribution in [0.5, 0.6) is 0 Å². The van der Waals surface area contributed by atoms with Gasteiger partial charge in [-0.3, -0.25) is 0 Å². The van der Waals surface area contributed by atoms with Gasteiger partial charge in [0.2, 0.25) is 10.0 Å². The second-order valence-electron chi connectivity index (χ2n) is 5.45. The number of anilines is 1. The molecule has 5 nitrogen and oxygen atoms in total. The fraction of sp³-hybridized carbons (Fsp3) is 0.600. The number of benzene rings is 1. The van der Waals surface area contributed by atoms with E-state index >= 15 is 0 Å². The maximum atomic E-state index is 12.4. The summed E-state index contributed by atoms with van der Waals surface area (Å²) in [5.41, 5.74) is 6.35. The molecule has 0 saturated carbocycles. The van der Waals surface area contributed by atoms with Gasteiger partial charge in [0.15, 0.2) is 0 Å². The summed E-state index contributed by atoms with van der Waals surface area (Å²) in [5.74, 6) is 0.442. The van der Waals surface area contributed by atoms with Gasteiger partial charge in [-0.25, -0.2) is 13.1 Å². The van der Waals surface area contributed by atoms with E-state index in [-0.39, 0.29) is 0 Å². The van der Waals surface area contributed by atoms with Crippen molar-refractivity contribution in [2.75, 3.05) is 31.1 Å². The fourth-order valence-corrected chi connectivity index (χ4v) is 3.51. The van der Waals surface area contributed by atoms with E-state index in [0.717, 1.165) is 25.2 Å². The zero-order chi connectivity index (χ0) is 15.9. The van der Waals surface area contributed by atoms with Gasteiger partial charge in [-0.1, -0.05) is 32.9 Å². The van der Waals surface area contributed by atoms with E-state index in [0.29, 0.717) is 23.9 Å². The number of hydrogen-bond donors (Lipinski definition) is 2. The Morgan fingerprint density at radius 2 is 1.95 bits per heavy atom. The summed E-state index contributed by atoms with van der Waals surface area (Å²) < 4.78 is 27.3. The molecule has 0 aliphatic rings. The van der Waals surface area contributed by atoms with Crippen LogP contribution in [0.15, 0.2) is 29.2 Å². The molecule has 1 aromatic rings. The highest BCUT2D eigenvalue weighted by atomic mass is 32.2. The molecule has 0 amide bonds. The third-order valence-corrected chi connectivity index (χ3v) is 4.64. The molecular formula is C15H27N3O2S. The molecular weight excluding hydrogens is 286 g/mol. The number of sulfonamides is 1. The first kappa shape index (κ1) is 17.9. The standard InChI is InChI=1S/C15H27N3O2S/c1-4-17-21(19,20)15-9-6-5-8-14(15)18(11-7-10-16)12-13(2)3/h5-6,8-9,13,17H,4,7,10-12,16H2,1-3H3. The first-order valence-corrected chi connectivity index (χ1v) is 8.94. The lowest BCUT2D eigenvalue weighted by Crippen LogP contribution is -2.32. The minimum absolute atomic E-state index is 0.338. The first-order valence-electron chi connectivity index (χ1n) is 7.46. The molecule has 0 bridgehead atoms. The van der Waals surface area contributed by atoms with Crippen LogP contribution in [0.25, 0.3) is 0 Å². The maximum absolute atomic E-state index is 12.4. The van der Waals surface area contributed by atoms with Gasteiger partial charge in [0.25, 0.3) is 0 Å². The maximum Gasteiger partial charge on any atom is 0.242 e. The van der Waals surface area contributed by atoms with E-state index in [2.05, 4.69) is 23.5 Å². The molecule has 0 radical (unpaired) electrons. The Balaban J connectivity index is 3.18. The Morgan fingerprint density at radius 3 is 2.52 bits per heavy atom. The smallest absolute Gasteiger partial charge is 0.242 e. The molecule has 1 aromatic carbocycles. The second-order valence-corrected chi connectivity index (χ2v) is 7.19. The molecule has 0 atom stereocenters. The van der Waals surface area contributed by atoms with Crippen LogP contribution in [0.4, 0.5) is 5.69 Å². The Kier molecular flexibility index (Phi) is 7.14. The highest BCUT2D eigenvalue weighted by Gasteiger charge is 2.21. The molecule has 3 N–H and O–H groups in total. The monoisotopic (exact) mass is 313 g/mol. The number of nitrogens with one attached hydrogen (secondary N) is 1. The number of rotatable bonds is 9. The summed E-state index contributed by atoms with van der Waals surface area (Å²) in [6.45, 7) is 8.56. The Hall–Kier alpha value is -1.11. The van der Waals surface area contributed by atoms with E-state index in [1.54, 1.807) is 19.1 Å². The third-order valence-electron chi connectivity index (χ3n) is 3.05. The van der Waals surface area contributed by atoms with Crippen molar-refractivity contribution in [3.05, 3.63) is 24.3 Å².